The van der Waals surface area contributed by atoms with Gasteiger partial charge in [0.1, 0.15) is 22.1 Å². The van der Waals surface area contributed by atoms with Crippen molar-refractivity contribution in [1.82, 2.24) is 0 Å². The van der Waals surface area contributed by atoms with Crippen LogP contribution in [0, 0.1) is 0 Å². The van der Waals surface area contributed by atoms with Crippen LogP contribution < -0.4 is 4.74 Å². The molecule has 160 valence electrons. The molecular formula is C23H32O5S. The number of unbranched alkanes of at least 4 members (excludes halogenated alkanes) is 8. The summed E-state index contributed by atoms with van der Waals surface area (Å²) in [7, 11) is -4.35. The third kappa shape index (κ3) is 8.07. The third-order valence-corrected chi connectivity index (χ3v) is 5.88. The molecule has 0 atom stereocenters. The zero-order chi connectivity index (χ0) is 21.1. The van der Waals surface area contributed by atoms with Crippen molar-refractivity contribution in [2.24, 2.45) is 0 Å². The molecule has 0 saturated heterocycles. The molecule has 0 amide bonds. The van der Waals surface area contributed by atoms with Crippen LogP contribution in [0.2, 0.25) is 0 Å². The molecule has 0 unspecified atom stereocenters. The first kappa shape index (κ1) is 23.2. The fourth-order valence-corrected chi connectivity index (χ4v) is 4.18. The number of phenols is 1. The van der Waals surface area contributed by atoms with Gasteiger partial charge >= 0.3 is 0 Å². The molecule has 2 rings (SSSR count). The quantitative estimate of drug-likeness (QED) is 0.285. The molecule has 0 aliphatic carbocycles. The molecule has 0 fully saturated rings. The lowest BCUT2D eigenvalue weighted by Crippen LogP contribution is -2.05. The summed E-state index contributed by atoms with van der Waals surface area (Å²) in [6.45, 7) is 2.21. The number of benzene rings is 2. The molecule has 2 N–H and O–H groups in total. The first-order valence-corrected chi connectivity index (χ1v) is 11.9. The SMILES string of the molecule is CCCCCCCCCCCc1c(Oc2cccc(O)c2)cccc1S(=O)(=O)O. The van der Waals surface area contributed by atoms with Crippen molar-refractivity contribution in [2.45, 2.75) is 76.0 Å². The monoisotopic (exact) mass is 420 g/mol. The number of phenolic OH excluding ortho intramolecular Hbond substituents is 1. The molecule has 0 aliphatic heterocycles. The van der Waals surface area contributed by atoms with Crippen LogP contribution in [0.3, 0.4) is 0 Å². The lowest BCUT2D eigenvalue weighted by atomic mass is 10.0. The fraction of sp³-hybridized carbons (Fsp3) is 0.478. The van der Waals surface area contributed by atoms with Gasteiger partial charge < -0.3 is 9.84 Å². The van der Waals surface area contributed by atoms with Crippen LogP contribution in [0.25, 0.3) is 0 Å². The van der Waals surface area contributed by atoms with E-state index in [1.807, 2.05) is 0 Å². The van der Waals surface area contributed by atoms with Crippen molar-refractivity contribution < 1.29 is 22.8 Å². The normalized spacial score (nSPS) is 11.5. The predicted octanol–water partition coefficient (Wildman–Crippen LogP) is 6.50. The molecule has 0 radical (unpaired) electrons. The van der Waals surface area contributed by atoms with E-state index in [-0.39, 0.29) is 10.6 Å². The highest BCUT2D eigenvalue weighted by Gasteiger charge is 2.19. The van der Waals surface area contributed by atoms with Gasteiger partial charge in [-0.2, -0.15) is 8.42 Å². The van der Waals surface area contributed by atoms with Crippen molar-refractivity contribution in [3.63, 3.8) is 0 Å². The molecule has 0 aromatic heterocycles. The maximum absolute atomic E-state index is 11.8. The lowest BCUT2D eigenvalue weighted by Gasteiger charge is -2.14. The second kappa shape index (κ2) is 11.8. The van der Waals surface area contributed by atoms with E-state index < -0.39 is 10.1 Å². The van der Waals surface area contributed by atoms with E-state index in [4.69, 9.17) is 4.74 Å². The number of hydrogen-bond acceptors (Lipinski definition) is 4. The van der Waals surface area contributed by atoms with Crippen LogP contribution in [-0.4, -0.2) is 18.1 Å². The van der Waals surface area contributed by atoms with Gasteiger partial charge in [0.25, 0.3) is 10.1 Å². The van der Waals surface area contributed by atoms with Gasteiger partial charge in [-0.1, -0.05) is 70.4 Å². The molecule has 0 aliphatic rings. The Bertz CT molecular complexity index is 861. The van der Waals surface area contributed by atoms with Crippen LogP contribution >= 0.6 is 0 Å². The molecular weight excluding hydrogens is 388 g/mol. The van der Waals surface area contributed by atoms with E-state index >= 15 is 0 Å². The first-order valence-electron chi connectivity index (χ1n) is 10.5. The smallest absolute Gasteiger partial charge is 0.294 e. The van der Waals surface area contributed by atoms with Crippen LogP contribution in [-0.2, 0) is 16.5 Å². The molecule has 0 saturated carbocycles. The Morgan fingerprint density at radius 2 is 1.48 bits per heavy atom. The summed E-state index contributed by atoms with van der Waals surface area (Å²) in [5.41, 5.74) is 0.473. The topological polar surface area (TPSA) is 83.8 Å². The molecule has 6 heteroatoms. The molecule has 0 heterocycles. The molecule has 2 aromatic rings. The van der Waals surface area contributed by atoms with E-state index in [0.29, 0.717) is 23.5 Å². The van der Waals surface area contributed by atoms with Crippen molar-refractivity contribution in [1.29, 1.82) is 0 Å². The Morgan fingerprint density at radius 1 is 0.862 bits per heavy atom. The van der Waals surface area contributed by atoms with Gasteiger partial charge in [0.05, 0.1) is 0 Å². The molecule has 29 heavy (non-hydrogen) atoms. The minimum atomic E-state index is -4.35. The standard InChI is InChI=1S/C23H32O5S/c1-2-3-4-5-6-7-8-9-10-15-21-22(16-12-17-23(21)29(25,26)27)28-20-14-11-13-19(24)18-20/h11-14,16-18,24H,2-10,15H2,1H3,(H,25,26,27). The summed E-state index contributed by atoms with van der Waals surface area (Å²) in [5, 5.41) is 9.62. The molecule has 5 nitrogen and oxygen atoms in total. The van der Waals surface area contributed by atoms with Gasteiger partial charge in [0, 0.05) is 11.6 Å². The highest BCUT2D eigenvalue weighted by Crippen LogP contribution is 2.32. The Kier molecular flexibility index (Phi) is 9.48. The van der Waals surface area contributed by atoms with Gasteiger partial charge in [-0.15, -0.1) is 0 Å². The van der Waals surface area contributed by atoms with Crippen molar-refractivity contribution in [3.05, 3.63) is 48.0 Å². The zero-order valence-corrected chi connectivity index (χ0v) is 18.0. The summed E-state index contributed by atoms with van der Waals surface area (Å²) in [4.78, 5) is -0.116. The summed E-state index contributed by atoms with van der Waals surface area (Å²) in [6, 6.07) is 10.9. The molecule has 0 spiro atoms. The molecule has 0 bridgehead atoms. The largest absolute Gasteiger partial charge is 0.508 e. The maximum atomic E-state index is 11.8. The van der Waals surface area contributed by atoms with E-state index in [2.05, 4.69) is 6.92 Å². The van der Waals surface area contributed by atoms with Crippen LogP contribution in [0.4, 0.5) is 0 Å². The second-order valence-corrected chi connectivity index (χ2v) is 8.78. The van der Waals surface area contributed by atoms with E-state index in [0.717, 1.165) is 19.3 Å². The summed E-state index contributed by atoms with van der Waals surface area (Å²) in [5.74, 6) is 0.852. The van der Waals surface area contributed by atoms with Gasteiger partial charge in [0.15, 0.2) is 0 Å². The van der Waals surface area contributed by atoms with Crippen molar-refractivity contribution in [3.8, 4) is 17.2 Å². The first-order chi connectivity index (χ1) is 13.9. The summed E-state index contributed by atoms with van der Waals surface area (Å²) >= 11 is 0. The van der Waals surface area contributed by atoms with Gasteiger partial charge in [-0.05, 0) is 37.1 Å². The van der Waals surface area contributed by atoms with Crippen LogP contribution in [0.5, 0.6) is 17.2 Å². The van der Waals surface area contributed by atoms with E-state index in [9.17, 15) is 18.1 Å². The maximum Gasteiger partial charge on any atom is 0.294 e. The van der Waals surface area contributed by atoms with Crippen molar-refractivity contribution >= 4 is 10.1 Å². The van der Waals surface area contributed by atoms with Crippen molar-refractivity contribution in [2.75, 3.05) is 0 Å². The Labute approximate surface area is 174 Å². The average Bonchev–Trinajstić information content (AvgIpc) is 2.67. The molecule has 2 aromatic carbocycles. The third-order valence-electron chi connectivity index (χ3n) is 4.94. The highest BCUT2D eigenvalue weighted by molar-refractivity contribution is 7.85. The number of aromatic hydroxyl groups is 1. The number of ether oxygens (including phenoxy) is 1. The highest BCUT2D eigenvalue weighted by atomic mass is 32.2. The van der Waals surface area contributed by atoms with Gasteiger partial charge in [0.2, 0.25) is 0 Å². The van der Waals surface area contributed by atoms with Crippen LogP contribution in [0.1, 0.15) is 70.3 Å². The average molecular weight is 421 g/mol. The minimum absolute atomic E-state index is 0.0638. The fourth-order valence-electron chi connectivity index (χ4n) is 3.42. The Hall–Kier alpha value is -2.05. The second-order valence-electron chi connectivity index (χ2n) is 7.39. The predicted molar refractivity (Wildman–Crippen MR) is 115 cm³/mol. The number of rotatable bonds is 13. The van der Waals surface area contributed by atoms with Crippen LogP contribution in [0.15, 0.2) is 47.4 Å². The Balaban J connectivity index is 2.00. The summed E-state index contributed by atoms with van der Waals surface area (Å²) in [6.07, 6.45) is 11.0. The zero-order valence-electron chi connectivity index (χ0n) is 17.1. The minimum Gasteiger partial charge on any atom is -0.508 e. The van der Waals surface area contributed by atoms with E-state index in [1.165, 1.54) is 56.7 Å². The van der Waals surface area contributed by atoms with E-state index in [1.54, 1.807) is 24.3 Å². The Morgan fingerprint density at radius 3 is 2.10 bits per heavy atom. The van der Waals surface area contributed by atoms with Gasteiger partial charge in [-0.25, -0.2) is 0 Å². The van der Waals surface area contributed by atoms with Gasteiger partial charge in [-0.3, -0.25) is 4.55 Å². The number of hydrogen-bond donors (Lipinski definition) is 2. The lowest BCUT2D eigenvalue weighted by molar-refractivity contribution is 0.447. The summed E-state index contributed by atoms with van der Waals surface area (Å²) < 4.78 is 39.1.